The molecule has 1 heterocycles. The number of phenolic OH excluding ortho intramolecular Hbond substituents is 1. The summed E-state index contributed by atoms with van der Waals surface area (Å²) in [6.45, 7) is 7.58. The molecule has 0 spiro atoms. The van der Waals surface area contributed by atoms with E-state index in [4.69, 9.17) is 14.2 Å². The number of aromatic hydroxyl groups is 1. The highest BCUT2D eigenvalue weighted by molar-refractivity contribution is 6.12. The van der Waals surface area contributed by atoms with Gasteiger partial charge in [-0.2, -0.15) is 0 Å². The normalized spacial score (nSPS) is 22.8. The molecule has 3 atom stereocenters. The number of ketones is 1. The quantitative estimate of drug-likeness (QED) is 0.510. The van der Waals surface area contributed by atoms with E-state index in [0.29, 0.717) is 35.6 Å². The SMILES string of the molecule is CCOC(=O)C1=C(C)NC2=C(C(=O)[C@H](C(=O)OC)[C@H](C)C2)[C@@H]1c1ccc(O)c(OCC)c1. The van der Waals surface area contributed by atoms with Crippen molar-refractivity contribution in [3.8, 4) is 11.5 Å². The number of methoxy groups -OCH3 is 1. The number of hydrogen-bond acceptors (Lipinski definition) is 8. The van der Waals surface area contributed by atoms with E-state index in [0.717, 1.165) is 0 Å². The van der Waals surface area contributed by atoms with E-state index < -0.39 is 23.8 Å². The highest BCUT2D eigenvalue weighted by Crippen LogP contribution is 2.46. The van der Waals surface area contributed by atoms with E-state index in [9.17, 15) is 19.5 Å². The Bertz CT molecular complexity index is 1010. The van der Waals surface area contributed by atoms with Crippen LogP contribution in [0.2, 0.25) is 0 Å². The highest BCUT2D eigenvalue weighted by atomic mass is 16.5. The maximum atomic E-state index is 13.6. The van der Waals surface area contributed by atoms with Gasteiger partial charge in [-0.3, -0.25) is 9.59 Å². The van der Waals surface area contributed by atoms with Crippen LogP contribution in [0.4, 0.5) is 0 Å². The summed E-state index contributed by atoms with van der Waals surface area (Å²) in [5, 5.41) is 13.4. The Morgan fingerprint density at radius 1 is 1.22 bits per heavy atom. The molecule has 172 valence electrons. The fourth-order valence-corrected chi connectivity index (χ4v) is 4.47. The number of hydrogen-bond donors (Lipinski definition) is 2. The molecule has 8 nitrogen and oxygen atoms in total. The van der Waals surface area contributed by atoms with Crippen LogP contribution in [0.3, 0.4) is 0 Å². The molecule has 0 unspecified atom stereocenters. The first kappa shape index (κ1) is 23.4. The maximum Gasteiger partial charge on any atom is 0.336 e. The zero-order valence-electron chi connectivity index (χ0n) is 19.0. The summed E-state index contributed by atoms with van der Waals surface area (Å²) < 4.78 is 15.7. The van der Waals surface area contributed by atoms with E-state index in [1.165, 1.54) is 13.2 Å². The number of Topliss-reactive ketones (excluding diaryl/α,β-unsaturated/α-hetero) is 1. The van der Waals surface area contributed by atoms with Gasteiger partial charge < -0.3 is 24.6 Å². The molecule has 8 heteroatoms. The number of carbonyl (C=O) groups excluding carboxylic acids is 3. The lowest BCUT2D eigenvalue weighted by atomic mass is 9.69. The van der Waals surface area contributed by atoms with Crippen LogP contribution >= 0.6 is 0 Å². The molecule has 2 aliphatic rings. The van der Waals surface area contributed by atoms with E-state index in [-0.39, 0.29) is 35.4 Å². The van der Waals surface area contributed by atoms with Crippen molar-refractivity contribution in [2.24, 2.45) is 11.8 Å². The molecular weight excluding hydrogens is 414 g/mol. The van der Waals surface area contributed by atoms with Crippen LogP contribution in [0, 0.1) is 11.8 Å². The molecule has 2 N–H and O–H groups in total. The van der Waals surface area contributed by atoms with Crippen molar-refractivity contribution >= 4 is 17.7 Å². The molecular formula is C24H29NO7. The second-order valence-corrected chi connectivity index (χ2v) is 7.92. The van der Waals surface area contributed by atoms with Gasteiger partial charge in [0, 0.05) is 22.9 Å². The number of ether oxygens (including phenoxy) is 3. The lowest BCUT2D eigenvalue weighted by molar-refractivity contribution is -0.151. The van der Waals surface area contributed by atoms with E-state index in [1.807, 2.05) is 6.92 Å². The topological polar surface area (TPSA) is 111 Å². The smallest absolute Gasteiger partial charge is 0.336 e. The summed E-state index contributed by atoms with van der Waals surface area (Å²) in [6, 6.07) is 4.72. The van der Waals surface area contributed by atoms with Crippen molar-refractivity contribution in [1.29, 1.82) is 0 Å². The van der Waals surface area contributed by atoms with Gasteiger partial charge in [0.25, 0.3) is 0 Å². The van der Waals surface area contributed by atoms with Crippen LogP contribution in [0.25, 0.3) is 0 Å². The molecule has 3 rings (SSSR count). The average molecular weight is 443 g/mol. The molecule has 1 aliphatic heterocycles. The van der Waals surface area contributed by atoms with Crippen LogP contribution < -0.4 is 10.1 Å². The Morgan fingerprint density at radius 3 is 2.56 bits per heavy atom. The number of rotatable bonds is 6. The molecule has 0 fully saturated rings. The van der Waals surface area contributed by atoms with E-state index in [2.05, 4.69) is 5.32 Å². The summed E-state index contributed by atoms with van der Waals surface area (Å²) >= 11 is 0. The highest BCUT2D eigenvalue weighted by Gasteiger charge is 2.47. The monoisotopic (exact) mass is 443 g/mol. The molecule has 0 aromatic heterocycles. The zero-order valence-corrected chi connectivity index (χ0v) is 19.0. The molecule has 1 aromatic rings. The summed E-state index contributed by atoms with van der Waals surface area (Å²) in [5.74, 6) is -3.36. The zero-order chi connectivity index (χ0) is 23.6. The lowest BCUT2D eigenvalue weighted by Crippen LogP contribution is -2.43. The number of phenols is 1. The maximum absolute atomic E-state index is 13.6. The van der Waals surface area contributed by atoms with Crippen molar-refractivity contribution in [1.82, 2.24) is 5.32 Å². The molecule has 0 saturated heterocycles. The van der Waals surface area contributed by atoms with Gasteiger partial charge in [-0.15, -0.1) is 0 Å². The Morgan fingerprint density at radius 2 is 1.94 bits per heavy atom. The van der Waals surface area contributed by atoms with E-state index >= 15 is 0 Å². The molecule has 0 radical (unpaired) electrons. The Hall–Kier alpha value is -3.29. The summed E-state index contributed by atoms with van der Waals surface area (Å²) in [6.07, 6.45) is 0.446. The second kappa shape index (κ2) is 9.46. The summed E-state index contributed by atoms with van der Waals surface area (Å²) in [4.78, 5) is 39.0. The fraction of sp³-hybridized carbons (Fsp3) is 0.458. The van der Waals surface area contributed by atoms with Gasteiger partial charge in [0.15, 0.2) is 17.3 Å². The van der Waals surface area contributed by atoms with Crippen molar-refractivity contribution in [3.63, 3.8) is 0 Å². The van der Waals surface area contributed by atoms with Crippen LogP contribution in [0.5, 0.6) is 11.5 Å². The number of carbonyl (C=O) groups is 3. The Kier molecular flexibility index (Phi) is 6.91. The number of benzene rings is 1. The van der Waals surface area contributed by atoms with Gasteiger partial charge >= 0.3 is 11.9 Å². The number of esters is 2. The first-order valence-electron chi connectivity index (χ1n) is 10.7. The van der Waals surface area contributed by atoms with Crippen molar-refractivity contribution in [3.05, 3.63) is 46.3 Å². The number of dihydropyridines is 1. The molecule has 0 amide bonds. The van der Waals surface area contributed by atoms with Gasteiger partial charge in [-0.25, -0.2) is 4.79 Å². The number of allylic oxidation sites excluding steroid dienone is 3. The fourth-order valence-electron chi connectivity index (χ4n) is 4.47. The average Bonchev–Trinajstić information content (AvgIpc) is 2.74. The van der Waals surface area contributed by atoms with Crippen LogP contribution in [0.15, 0.2) is 40.7 Å². The molecule has 0 saturated carbocycles. The van der Waals surface area contributed by atoms with Gasteiger partial charge in [0.2, 0.25) is 0 Å². The summed E-state index contributed by atoms with van der Waals surface area (Å²) in [5.41, 5.74) is 2.44. The third-order valence-corrected chi connectivity index (χ3v) is 5.86. The first-order chi connectivity index (χ1) is 15.2. The van der Waals surface area contributed by atoms with Crippen LogP contribution in [-0.2, 0) is 23.9 Å². The van der Waals surface area contributed by atoms with Gasteiger partial charge in [0.05, 0.1) is 25.9 Å². The van der Waals surface area contributed by atoms with Crippen molar-refractivity contribution in [2.45, 2.75) is 40.0 Å². The summed E-state index contributed by atoms with van der Waals surface area (Å²) in [7, 11) is 1.26. The predicted molar refractivity (Wildman–Crippen MR) is 116 cm³/mol. The minimum Gasteiger partial charge on any atom is -0.504 e. The Balaban J connectivity index is 2.22. The first-order valence-corrected chi connectivity index (χ1v) is 10.7. The third kappa shape index (κ3) is 4.09. The number of nitrogens with one attached hydrogen (secondary N) is 1. The van der Waals surface area contributed by atoms with Gasteiger partial charge in [-0.05, 0) is 50.8 Å². The minimum atomic E-state index is -0.964. The standard InChI is InChI=1S/C24H29NO7/c1-6-31-17-11-14(8-9-16(17)26)20-19(24(29)32-7-2)13(4)25-15-10-12(3)18(23(28)30-5)22(27)21(15)20/h8-9,11-12,18,20,25-26H,6-7,10H2,1-5H3/t12-,18-,20-/m1/s1. The van der Waals surface area contributed by atoms with E-state index in [1.54, 1.807) is 32.9 Å². The van der Waals surface area contributed by atoms with Crippen LogP contribution in [-0.4, -0.2) is 43.2 Å². The largest absolute Gasteiger partial charge is 0.504 e. The molecule has 0 bridgehead atoms. The van der Waals surface area contributed by atoms with Crippen LogP contribution in [0.1, 0.15) is 45.6 Å². The van der Waals surface area contributed by atoms with Gasteiger partial charge in [-0.1, -0.05) is 13.0 Å². The molecule has 1 aliphatic carbocycles. The molecule has 1 aromatic carbocycles. The van der Waals surface area contributed by atoms with Crippen molar-refractivity contribution in [2.75, 3.05) is 20.3 Å². The minimum absolute atomic E-state index is 0.0480. The van der Waals surface area contributed by atoms with Crippen molar-refractivity contribution < 1.29 is 33.7 Å². The third-order valence-electron chi connectivity index (χ3n) is 5.86. The molecule has 32 heavy (non-hydrogen) atoms. The second-order valence-electron chi connectivity index (χ2n) is 7.92. The van der Waals surface area contributed by atoms with Gasteiger partial charge in [0.1, 0.15) is 5.92 Å². The predicted octanol–water partition coefficient (Wildman–Crippen LogP) is 2.97. The lowest BCUT2D eigenvalue weighted by Gasteiger charge is -2.38. The Labute approximate surface area is 187 Å².